The Morgan fingerprint density at radius 2 is 2.04 bits per heavy atom. The number of nitrogens with two attached hydrogens (primary N) is 1. The molecule has 0 atom stereocenters. The molecule has 0 aliphatic carbocycles. The number of rotatable bonds is 5. The van der Waals surface area contributed by atoms with Gasteiger partial charge < -0.3 is 10.6 Å². The molecule has 0 unspecified atom stereocenters. The molecule has 25 heavy (non-hydrogen) atoms. The third-order valence-corrected chi connectivity index (χ3v) is 4.48. The Bertz CT molecular complexity index is 913. The van der Waals surface area contributed by atoms with Crippen LogP contribution in [0.2, 0.25) is 0 Å². The number of ether oxygens (including phenoxy) is 1. The number of halogens is 1. The summed E-state index contributed by atoms with van der Waals surface area (Å²) in [5, 5.41) is 8.56. The Morgan fingerprint density at radius 3 is 2.80 bits per heavy atom. The van der Waals surface area contributed by atoms with Crippen LogP contribution < -0.4 is 5.84 Å². The van der Waals surface area contributed by atoms with Crippen molar-refractivity contribution in [2.45, 2.75) is 10.9 Å². The molecule has 0 aliphatic rings. The van der Waals surface area contributed by atoms with Gasteiger partial charge in [-0.3, -0.25) is 0 Å². The Balaban J connectivity index is 1.76. The fourth-order valence-corrected chi connectivity index (χ4v) is 3.05. The van der Waals surface area contributed by atoms with Crippen molar-refractivity contribution in [2.75, 3.05) is 13.0 Å². The van der Waals surface area contributed by atoms with Gasteiger partial charge in [-0.1, -0.05) is 36.0 Å². The topological polar surface area (TPSA) is 83.0 Å². The van der Waals surface area contributed by atoms with Gasteiger partial charge in [0.25, 0.3) is 0 Å². The fourth-order valence-electron chi connectivity index (χ4n) is 2.25. The van der Waals surface area contributed by atoms with Crippen molar-refractivity contribution >= 4 is 17.7 Å². The smallest absolute Gasteiger partial charge is 0.337 e. The van der Waals surface area contributed by atoms with E-state index in [0.29, 0.717) is 27.9 Å². The SMILES string of the molecule is COC(=O)c1cccc(CSc2nnc(-c3cccc(F)c3)n2N)c1. The summed E-state index contributed by atoms with van der Waals surface area (Å²) in [6.45, 7) is 0. The highest BCUT2D eigenvalue weighted by Gasteiger charge is 2.13. The molecule has 0 saturated carbocycles. The van der Waals surface area contributed by atoms with Crippen LogP contribution in [-0.4, -0.2) is 28.0 Å². The number of hydrogen-bond acceptors (Lipinski definition) is 6. The van der Waals surface area contributed by atoms with E-state index in [9.17, 15) is 9.18 Å². The predicted molar refractivity (Wildman–Crippen MR) is 92.9 cm³/mol. The molecule has 0 saturated heterocycles. The van der Waals surface area contributed by atoms with E-state index in [0.717, 1.165) is 5.56 Å². The maximum absolute atomic E-state index is 13.4. The van der Waals surface area contributed by atoms with E-state index in [4.69, 9.17) is 10.6 Å². The van der Waals surface area contributed by atoms with Crippen molar-refractivity contribution in [2.24, 2.45) is 0 Å². The molecule has 1 heterocycles. The lowest BCUT2D eigenvalue weighted by Gasteiger charge is -2.05. The van der Waals surface area contributed by atoms with Crippen molar-refractivity contribution in [3.63, 3.8) is 0 Å². The third kappa shape index (κ3) is 3.80. The van der Waals surface area contributed by atoms with Gasteiger partial charge in [-0.25, -0.2) is 13.9 Å². The zero-order chi connectivity index (χ0) is 17.8. The van der Waals surface area contributed by atoms with Crippen LogP contribution in [-0.2, 0) is 10.5 Å². The minimum atomic E-state index is -0.387. The Kier molecular flexibility index (Phi) is 4.99. The molecular formula is C17H15FN4O2S. The van der Waals surface area contributed by atoms with Crippen molar-refractivity contribution in [3.8, 4) is 11.4 Å². The van der Waals surface area contributed by atoms with E-state index in [1.54, 1.807) is 30.3 Å². The second-order valence-corrected chi connectivity index (χ2v) is 6.11. The summed E-state index contributed by atoms with van der Waals surface area (Å²) < 4.78 is 19.4. The van der Waals surface area contributed by atoms with Gasteiger partial charge in [-0.2, -0.15) is 0 Å². The van der Waals surface area contributed by atoms with Crippen LogP contribution in [0, 0.1) is 5.82 Å². The molecule has 0 spiro atoms. The third-order valence-electron chi connectivity index (χ3n) is 3.46. The van der Waals surface area contributed by atoms with E-state index in [-0.39, 0.29) is 11.8 Å². The molecule has 0 radical (unpaired) electrons. The second kappa shape index (κ2) is 7.35. The van der Waals surface area contributed by atoms with Crippen LogP contribution in [0.25, 0.3) is 11.4 Å². The Morgan fingerprint density at radius 1 is 1.24 bits per heavy atom. The first-order chi connectivity index (χ1) is 12.1. The van der Waals surface area contributed by atoms with E-state index in [1.807, 2.05) is 6.07 Å². The molecule has 0 fully saturated rings. The number of benzene rings is 2. The summed E-state index contributed by atoms with van der Waals surface area (Å²) in [5.74, 6) is 6.20. The molecule has 3 rings (SSSR count). The first kappa shape index (κ1) is 17.0. The molecule has 3 aromatic rings. The number of hydrogen-bond donors (Lipinski definition) is 1. The highest BCUT2D eigenvalue weighted by molar-refractivity contribution is 7.98. The molecule has 0 amide bonds. The molecule has 128 valence electrons. The normalized spacial score (nSPS) is 10.6. The highest BCUT2D eigenvalue weighted by atomic mass is 32.2. The van der Waals surface area contributed by atoms with E-state index in [1.165, 1.54) is 35.7 Å². The van der Waals surface area contributed by atoms with Crippen LogP contribution in [0.15, 0.2) is 53.7 Å². The van der Waals surface area contributed by atoms with E-state index in [2.05, 4.69) is 10.2 Å². The van der Waals surface area contributed by atoms with Gasteiger partial charge in [0.05, 0.1) is 12.7 Å². The minimum absolute atomic E-state index is 0.366. The van der Waals surface area contributed by atoms with E-state index >= 15 is 0 Å². The van der Waals surface area contributed by atoms with Gasteiger partial charge in [-0.15, -0.1) is 10.2 Å². The summed E-state index contributed by atoms with van der Waals surface area (Å²) in [5.41, 5.74) is 1.95. The molecule has 8 heteroatoms. The molecule has 0 bridgehead atoms. The van der Waals surface area contributed by atoms with Crippen LogP contribution in [0.1, 0.15) is 15.9 Å². The fraction of sp³-hybridized carbons (Fsp3) is 0.118. The van der Waals surface area contributed by atoms with Crippen LogP contribution in [0.3, 0.4) is 0 Å². The number of aromatic nitrogens is 3. The number of nitrogen functional groups attached to an aromatic ring is 1. The number of carbonyl (C=O) groups is 1. The van der Waals surface area contributed by atoms with Gasteiger partial charge in [0.2, 0.25) is 5.16 Å². The maximum atomic E-state index is 13.4. The number of thioether (sulfide) groups is 1. The van der Waals surface area contributed by atoms with Crippen LogP contribution >= 0.6 is 11.8 Å². The molecule has 6 nitrogen and oxygen atoms in total. The Hall–Kier alpha value is -2.87. The molecule has 1 aromatic heterocycles. The zero-order valence-electron chi connectivity index (χ0n) is 13.3. The number of nitrogens with zero attached hydrogens (tertiary/aromatic N) is 3. The lowest BCUT2D eigenvalue weighted by molar-refractivity contribution is 0.0600. The van der Waals surface area contributed by atoms with Gasteiger partial charge >= 0.3 is 5.97 Å². The van der Waals surface area contributed by atoms with Gasteiger partial charge in [0.15, 0.2) is 5.82 Å². The molecule has 2 aromatic carbocycles. The lowest BCUT2D eigenvalue weighted by atomic mass is 10.1. The molecule has 0 aliphatic heterocycles. The first-order valence-corrected chi connectivity index (χ1v) is 8.33. The van der Waals surface area contributed by atoms with Crippen molar-refractivity contribution in [1.82, 2.24) is 14.9 Å². The summed E-state index contributed by atoms with van der Waals surface area (Å²) in [4.78, 5) is 11.6. The highest BCUT2D eigenvalue weighted by Crippen LogP contribution is 2.25. The number of methoxy groups -OCH3 is 1. The van der Waals surface area contributed by atoms with Crippen LogP contribution in [0.5, 0.6) is 0 Å². The van der Waals surface area contributed by atoms with Gasteiger partial charge in [0.1, 0.15) is 5.82 Å². The number of carbonyl (C=O) groups excluding carboxylic acids is 1. The monoisotopic (exact) mass is 358 g/mol. The summed E-state index contributed by atoms with van der Waals surface area (Å²) in [7, 11) is 1.34. The molecular weight excluding hydrogens is 343 g/mol. The van der Waals surface area contributed by atoms with Crippen LogP contribution in [0.4, 0.5) is 4.39 Å². The van der Waals surface area contributed by atoms with Crippen molar-refractivity contribution < 1.29 is 13.9 Å². The van der Waals surface area contributed by atoms with Crippen molar-refractivity contribution in [1.29, 1.82) is 0 Å². The summed E-state index contributed by atoms with van der Waals surface area (Å²) in [6.07, 6.45) is 0. The Labute approximate surface area is 147 Å². The van der Waals surface area contributed by atoms with Crippen molar-refractivity contribution in [3.05, 3.63) is 65.5 Å². The molecule has 2 N–H and O–H groups in total. The zero-order valence-corrected chi connectivity index (χ0v) is 14.2. The standard InChI is InChI=1S/C17H15FN4O2S/c1-24-16(23)13-6-2-4-11(8-13)10-25-17-21-20-15(22(17)19)12-5-3-7-14(18)9-12/h2-9H,10,19H2,1H3. The van der Waals surface area contributed by atoms with Gasteiger partial charge in [0, 0.05) is 11.3 Å². The minimum Gasteiger partial charge on any atom is -0.465 e. The maximum Gasteiger partial charge on any atom is 0.337 e. The average Bonchev–Trinajstić information content (AvgIpc) is 3.00. The average molecular weight is 358 g/mol. The quantitative estimate of drug-likeness (QED) is 0.429. The summed E-state index contributed by atoms with van der Waals surface area (Å²) >= 11 is 1.37. The van der Waals surface area contributed by atoms with E-state index < -0.39 is 0 Å². The summed E-state index contributed by atoms with van der Waals surface area (Å²) in [6, 6.07) is 13.1. The number of esters is 1. The first-order valence-electron chi connectivity index (χ1n) is 7.35. The predicted octanol–water partition coefficient (Wildman–Crippen LogP) is 2.88. The lowest BCUT2D eigenvalue weighted by Crippen LogP contribution is -2.11. The second-order valence-electron chi connectivity index (χ2n) is 5.17. The van der Waals surface area contributed by atoms with Gasteiger partial charge in [-0.05, 0) is 29.8 Å². The largest absolute Gasteiger partial charge is 0.465 e.